The molecule has 0 aromatic heterocycles. The number of benzene rings is 1. The Morgan fingerprint density at radius 1 is 1.30 bits per heavy atom. The Morgan fingerprint density at radius 2 is 1.90 bits per heavy atom. The molecule has 20 heavy (non-hydrogen) atoms. The van der Waals surface area contributed by atoms with Gasteiger partial charge >= 0.3 is 0 Å². The lowest BCUT2D eigenvalue weighted by atomic mass is 9.92. The summed E-state index contributed by atoms with van der Waals surface area (Å²) in [7, 11) is -3.38. The molecular weight excluding hydrogens is 300 g/mol. The minimum atomic E-state index is -3.38. The van der Waals surface area contributed by atoms with Crippen molar-refractivity contribution < 1.29 is 13.2 Å². The molecule has 1 rings (SSSR count). The number of carbonyl (C=O) groups is 1. The van der Waals surface area contributed by atoms with Gasteiger partial charge in [0.15, 0.2) is 0 Å². The van der Waals surface area contributed by atoms with E-state index < -0.39 is 10.0 Å². The molecule has 0 spiro atoms. The molecule has 0 saturated carbocycles. The van der Waals surface area contributed by atoms with E-state index in [0.29, 0.717) is 12.1 Å². The van der Waals surface area contributed by atoms with Crippen molar-refractivity contribution in [3.63, 3.8) is 0 Å². The average molecular weight is 319 g/mol. The number of sulfonamides is 1. The van der Waals surface area contributed by atoms with Crippen LogP contribution in [0.3, 0.4) is 0 Å². The van der Waals surface area contributed by atoms with Crippen molar-refractivity contribution in [1.82, 2.24) is 0 Å². The van der Waals surface area contributed by atoms with Crippen LogP contribution >= 0.6 is 11.6 Å². The molecule has 0 unspecified atom stereocenters. The van der Waals surface area contributed by atoms with Crippen molar-refractivity contribution in [1.29, 1.82) is 0 Å². The molecule has 0 saturated heterocycles. The maximum atomic E-state index is 11.8. The molecule has 1 aromatic rings. The summed E-state index contributed by atoms with van der Waals surface area (Å²) in [4.78, 5) is 11.8. The van der Waals surface area contributed by atoms with Gasteiger partial charge in [-0.1, -0.05) is 32.4 Å². The van der Waals surface area contributed by atoms with Gasteiger partial charge in [-0.15, -0.1) is 0 Å². The molecule has 1 amide bonds. The fourth-order valence-corrected chi connectivity index (χ4v) is 2.42. The SMILES string of the molecule is CC(C)(C)CC(=O)Nc1ccc(NS(C)(=O)=O)c(Cl)c1. The van der Waals surface area contributed by atoms with E-state index in [1.54, 1.807) is 6.07 Å². The highest BCUT2D eigenvalue weighted by molar-refractivity contribution is 7.92. The lowest BCUT2D eigenvalue weighted by Gasteiger charge is -2.17. The van der Waals surface area contributed by atoms with Crippen LogP contribution in [0.25, 0.3) is 0 Å². The molecule has 1 aromatic carbocycles. The van der Waals surface area contributed by atoms with Crippen molar-refractivity contribution in [2.24, 2.45) is 5.41 Å². The third-order valence-corrected chi connectivity index (χ3v) is 3.14. The highest BCUT2D eigenvalue weighted by Crippen LogP contribution is 2.27. The molecule has 0 aliphatic carbocycles. The van der Waals surface area contributed by atoms with Crippen molar-refractivity contribution in [2.45, 2.75) is 27.2 Å². The van der Waals surface area contributed by atoms with Crippen molar-refractivity contribution in [3.8, 4) is 0 Å². The van der Waals surface area contributed by atoms with E-state index >= 15 is 0 Å². The number of hydrogen-bond acceptors (Lipinski definition) is 3. The van der Waals surface area contributed by atoms with Gasteiger partial charge in [-0.3, -0.25) is 9.52 Å². The summed E-state index contributed by atoms with van der Waals surface area (Å²) in [5, 5.41) is 2.95. The van der Waals surface area contributed by atoms with E-state index in [4.69, 9.17) is 11.6 Å². The van der Waals surface area contributed by atoms with Gasteiger partial charge < -0.3 is 5.32 Å². The monoisotopic (exact) mass is 318 g/mol. The van der Waals surface area contributed by atoms with E-state index in [0.717, 1.165) is 6.26 Å². The van der Waals surface area contributed by atoms with Gasteiger partial charge in [-0.2, -0.15) is 0 Å². The summed E-state index contributed by atoms with van der Waals surface area (Å²) in [6.07, 6.45) is 1.43. The summed E-state index contributed by atoms with van der Waals surface area (Å²) in [5.74, 6) is -0.114. The number of rotatable bonds is 4. The second-order valence-electron chi connectivity index (χ2n) is 5.85. The minimum absolute atomic E-state index is 0.105. The van der Waals surface area contributed by atoms with Gasteiger partial charge in [0.25, 0.3) is 0 Å². The smallest absolute Gasteiger partial charge is 0.229 e. The Bertz CT molecular complexity index is 607. The minimum Gasteiger partial charge on any atom is -0.326 e. The summed E-state index contributed by atoms with van der Waals surface area (Å²) in [5.41, 5.74) is 0.706. The maximum absolute atomic E-state index is 11.8. The molecule has 2 N–H and O–H groups in total. The number of nitrogens with one attached hydrogen (secondary N) is 2. The fourth-order valence-electron chi connectivity index (χ4n) is 1.56. The fraction of sp³-hybridized carbons (Fsp3) is 0.462. The Labute approximate surface area is 124 Å². The van der Waals surface area contributed by atoms with Gasteiger partial charge in [0.05, 0.1) is 17.0 Å². The van der Waals surface area contributed by atoms with E-state index in [2.05, 4.69) is 10.0 Å². The predicted octanol–water partition coefficient (Wildman–Crippen LogP) is 3.09. The Hall–Kier alpha value is -1.27. The molecule has 0 fully saturated rings. The molecule has 0 aliphatic heterocycles. The van der Waals surface area contributed by atoms with Crippen LogP contribution in [-0.2, 0) is 14.8 Å². The highest BCUT2D eigenvalue weighted by atomic mass is 35.5. The number of carbonyl (C=O) groups excluding carboxylic acids is 1. The Morgan fingerprint density at radius 3 is 2.35 bits per heavy atom. The number of halogens is 1. The van der Waals surface area contributed by atoms with Crippen LogP contribution in [0.4, 0.5) is 11.4 Å². The van der Waals surface area contributed by atoms with Gasteiger partial charge in [-0.05, 0) is 23.6 Å². The number of amides is 1. The number of hydrogen-bond donors (Lipinski definition) is 2. The maximum Gasteiger partial charge on any atom is 0.229 e. The number of anilines is 2. The molecule has 0 atom stereocenters. The summed E-state index contributed by atoms with van der Waals surface area (Å²) in [6.45, 7) is 5.91. The van der Waals surface area contributed by atoms with E-state index in [9.17, 15) is 13.2 Å². The standard InChI is InChI=1S/C13H19ClN2O3S/c1-13(2,3)8-12(17)15-9-5-6-11(10(14)7-9)16-20(4,18)19/h5-7,16H,8H2,1-4H3,(H,15,17). The van der Waals surface area contributed by atoms with E-state index in [-0.39, 0.29) is 22.0 Å². The van der Waals surface area contributed by atoms with Crippen LogP contribution < -0.4 is 10.0 Å². The van der Waals surface area contributed by atoms with Crippen molar-refractivity contribution in [3.05, 3.63) is 23.2 Å². The van der Waals surface area contributed by atoms with Crippen molar-refractivity contribution in [2.75, 3.05) is 16.3 Å². The summed E-state index contributed by atoms with van der Waals surface area (Å²) in [6, 6.07) is 4.62. The molecule has 0 aliphatic rings. The lowest BCUT2D eigenvalue weighted by Crippen LogP contribution is -2.19. The van der Waals surface area contributed by atoms with E-state index in [1.165, 1.54) is 12.1 Å². The zero-order valence-electron chi connectivity index (χ0n) is 12.0. The molecule has 0 radical (unpaired) electrons. The normalized spacial score (nSPS) is 12.1. The quantitative estimate of drug-likeness (QED) is 0.895. The molecule has 0 bridgehead atoms. The first-order valence-electron chi connectivity index (χ1n) is 6.03. The summed E-state index contributed by atoms with van der Waals surface area (Å²) < 4.78 is 24.6. The van der Waals surface area contributed by atoms with Crippen LogP contribution in [0.15, 0.2) is 18.2 Å². The topological polar surface area (TPSA) is 75.3 Å². The first-order chi connectivity index (χ1) is 8.96. The van der Waals surface area contributed by atoms with Gasteiger partial charge in [0, 0.05) is 12.1 Å². The van der Waals surface area contributed by atoms with Gasteiger partial charge in [0.2, 0.25) is 15.9 Å². The van der Waals surface area contributed by atoms with Crippen LogP contribution in [-0.4, -0.2) is 20.6 Å². The molecule has 0 heterocycles. The van der Waals surface area contributed by atoms with Crippen molar-refractivity contribution >= 4 is 38.9 Å². The second-order valence-corrected chi connectivity index (χ2v) is 8.01. The third kappa shape index (κ3) is 6.25. The predicted molar refractivity (Wildman–Crippen MR) is 82.6 cm³/mol. The first-order valence-corrected chi connectivity index (χ1v) is 8.30. The largest absolute Gasteiger partial charge is 0.326 e. The lowest BCUT2D eigenvalue weighted by molar-refractivity contribution is -0.117. The third-order valence-electron chi connectivity index (χ3n) is 2.24. The Kier molecular flexibility index (Phi) is 5.05. The van der Waals surface area contributed by atoms with Gasteiger partial charge in [0.1, 0.15) is 0 Å². The molecule has 112 valence electrons. The van der Waals surface area contributed by atoms with Crippen LogP contribution in [0.5, 0.6) is 0 Å². The van der Waals surface area contributed by atoms with Crippen LogP contribution in [0, 0.1) is 5.41 Å². The zero-order valence-corrected chi connectivity index (χ0v) is 13.5. The van der Waals surface area contributed by atoms with E-state index in [1.807, 2.05) is 20.8 Å². The summed E-state index contributed by atoms with van der Waals surface area (Å²) >= 11 is 5.97. The Balaban J connectivity index is 2.80. The average Bonchev–Trinajstić information content (AvgIpc) is 2.17. The highest BCUT2D eigenvalue weighted by Gasteiger charge is 2.16. The zero-order chi connectivity index (χ0) is 15.6. The van der Waals surface area contributed by atoms with Gasteiger partial charge in [-0.25, -0.2) is 8.42 Å². The first kappa shape index (κ1) is 16.8. The van der Waals surface area contributed by atoms with Crippen LogP contribution in [0.1, 0.15) is 27.2 Å². The molecule has 5 nitrogen and oxygen atoms in total. The molecule has 7 heteroatoms. The second kappa shape index (κ2) is 6.01. The van der Waals surface area contributed by atoms with Crippen LogP contribution in [0.2, 0.25) is 5.02 Å². The molecular formula is C13H19ClN2O3S.